The van der Waals surface area contributed by atoms with E-state index in [1.54, 1.807) is 13.8 Å². The molecule has 0 unspecified atom stereocenters. The van der Waals surface area contributed by atoms with Crippen LogP contribution in [0.3, 0.4) is 0 Å². The first kappa shape index (κ1) is 17.4. The third kappa shape index (κ3) is 8.45. The molecule has 1 N–H and O–H groups in total. The van der Waals surface area contributed by atoms with E-state index >= 15 is 0 Å². The number of nitrogens with one attached hydrogen (secondary N) is 1. The van der Waals surface area contributed by atoms with Crippen LogP contribution < -0.4 is 5.32 Å². The molecule has 0 aromatic heterocycles. The van der Waals surface area contributed by atoms with Gasteiger partial charge in [-0.1, -0.05) is 6.08 Å². The van der Waals surface area contributed by atoms with Crippen LogP contribution in [0.1, 0.15) is 33.1 Å². The zero-order valence-corrected chi connectivity index (χ0v) is 12.2. The van der Waals surface area contributed by atoms with Crippen molar-refractivity contribution in [3.8, 4) is 0 Å². The summed E-state index contributed by atoms with van der Waals surface area (Å²) >= 11 is 0. The van der Waals surface area contributed by atoms with Crippen molar-refractivity contribution >= 4 is 13.5 Å². The second-order valence-electron chi connectivity index (χ2n) is 3.74. The van der Waals surface area contributed by atoms with E-state index in [1.165, 1.54) is 0 Å². The molecule has 0 bridgehead atoms. The number of hydrogen-bond acceptors (Lipinski definition) is 4. The minimum Gasteiger partial charge on any atom is -0.356 e. The number of unbranched alkanes of at least 4 members (excludes halogenated alkanes) is 2. The van der Waals surface area contributed by atoms with Gasteiger partial charge >= 0.3 is 7.60 Å². The van der Waals surface area contributed by atoms with Crippen molar-refractivity contribution < 1.29 is 18.4 Å². The number of hydrogen-bond donors (Lipinski definition) is 1. The Balaban J connectivity index is 3.95. The molecule has 0 fully saturated rings. The summed E-state index contributed by atoms with van der Waals surface area (Å²) in [7, 11) is -3.27. The average molecular weight is 277 g/mol. The Bertz CT molecular complexity index is 284. The minimum atomic E-state index is -3.27. The first-order valence-electron chi connectivity index (χ1n) is 6.33. The van der Waals surface area contributed by atoms with Crippen LogP contribution in [0.4, 0.5) is 0 Å². The third-order valence-electron chi connectivity index (χ3n) is 2.15. The van der Waals surface area contributed by atoms with Gasteiger partial charge in [-0.25, -0.2) is 0 Å². The topological polar surface area (TPSA) is 64.6 Å². The third-order valence-corrected chi connectivity index (χ3v) is 4.12. The maximum Gasteiger partial charge on any atom is 0.340 e. The number of carbonyl (C=O) groups is 1. The summed E-state index contributed by atoms with van der Waals surface area (Å²) in [5.74, 6) is -0.293. The van der Waals surface area contributed by atoms with E-state index < -0.39 is 7.60 Å². The molecule has 0 aliphatic rings. The van der Waals surface area contributed by atoms with E-state index in [9.17, 15) is 9.36 Å². The van der Waals surface area contributed by atoms with Gasteiger partial charge in [-0.15, -0.1) is 6.58 Å². The van der Waals surface area contributed by atoms with Gasteiger partial charge in [-0.3, -0.25) is 9.36 Å². The van der Waals surface area contributed by atoms with Gasteiger partial charge in [0, 0.05) is 6.54 Å². The molecule has 5 nitrogen and oxygen atoms in total. The highest BCUT2D eigenvalue weighted by Gasteiger charge is 2.27. The minimum absolute atomic E-state index is 0.212. The van der Waals surface area contributed by atoms with Gasteiger partial charge in [0.2, 0.25) is 5.91 Å². The van der Waals surface area contributed by atoms with Gasteiger partial charge in [0.1, 0.15) is 6.16 Å². The molecule has 0 radical (unpaired) electrons. The quantitative estimate of drug-likeness (QED) is 0.358. The standard InChI is InChI=1S/C12H24NO4P/c1-4-7-8-9-10-13-12(14)11-18(15,16-5-2)17-6-3/h4H,1,5-11H2,2-3H3,(H,13,14). The average Bonchev–Trinajstić information content (AvgIpc) is 2.29. The lowest BCUT2D eigenvalue weighted by molar-refractivity contribution is -0.118. The summed E-state index contributed by atoms with van der Waals surface area (Å²) in [6.45, 7) is 8.18. The zero-order valence-electron chi connectivity index (χ0n) is 11.3. The summed E-state index contributed by atoms with van der Waals surface area (Å²) < 4.78 is 22.1. The van der Waals surface area contributed by atoms with Gasteiger partial charge in [0.25, 0.3) is 0 Å². The highest BCUT2D eigenvalue weighted by molar-refractivity contribution is 7.54. The van der Waals surface area contributed by atoms with Crippen molar-refractivity contribution in [2.45, 2.75) is 33.1 Å². The first-order valence-corrected chi connectivity index (χ1v) is 8.06. The van der Waals surface area contributed by atoms with Crippen molar-refractivity contribution in [2.75, 3.05) is 25.9 Å². The lowest BCUT2D eigenvalue weighted by Crippen LogP contribution is -2.28. The van der Waals surface area contributed by atoms with Crippen LogP contribution in [0.25, 0.3) is 0 Å². The van der Waals surface area contributed by atoms with Crippen molar-refractivity contribution in [1.29, 1.82) is 0 Å². The molecule has 106 valence electrons. The highest BCUT2D eigenvalue weighted by Crippen LogP contribution is 2.47. The van der Waals surface area contributed by atoms with Crippen LogP contribution in [-0.4, -0.2) is 31.8 Å². The molecule has 0 spiro atoms. The Morgan fingerprint density at radius 1 is 1.28 bits per heavy atom. The molecule has 0 saturated carbocycles. The van der Waals surface area contributed by atoms with Gasteiger partial charge in [0.05, 0.1) is 13.2 Å². The molecule has 0 aliphatic heterocycles. The molecule has 1 amide bonds. The van der Waals surface area contributed by atoms with Crippen LogP contribution in [0.2, 0.25) is 0 Å². The van der Waals surface area contributed by atoms with Crippen molar-refractivity contribution in [2.24, 2.45) is 0 Å². The summed E-state index contributed by atoms with van der Waals surface area (Å²) in [5.41, 5.74) is 0. The molecule has 0 heterocycles. The van der Waals surface area contributed by atoms with E-state index in [-0.39, 0.29) is 25.3 Å². The second-order valence-corrected chi connectivity index (χ2v) is 5.79. The number of carbonyl (C=O) groups excluding carboxylic acids is 1. The lowest BCUT2D eigenvalue weighted by atomic mass is 10.2. The van der Waals surface area contributed by atoms with Gasteiger partial charge in [-0.05, 0) is 33.1 Å². The monoisotopic (exact) mass is 277 g/mol. The number of allylic oxidation sites excluding steroid dienone is 1. The Kier molecular flexibility index (Phi) is 9.93. The maximum absolute atomic E-state index is 12.0. The summed E-state index contributed by atoms with van der Waals surface area (Å²) in [5, 5.41) is 2.71. The predicted octanol–water partition coefficient (Wildman–Crippen LogP) is 2.73. The van der Waals surface area contributed by atoms with Crippen LogP contribution in [0.15, 0.2) is 12.7 Å². The Labute approximate surface area is 109 Å². The van der Waals surface area contributed by atoms with Crippen LogP contribution in [0, 0.1) is 0 Å². The Hall–Kier alpha value is -0.640. The first-order chi connectivity index (χ1) is 8.58. The predicted molar refractivity (Wildman–Crippen MR) is 72.8 cm³/mol. The highest BCUT2D eigenvalue weighted by atomic mass is 31.2. The molecular weight excluding hydrogens is 253 g/mol. The van der Waals surface area contributed by atoms with Crippen LogP contribution in [-0.2, 0) is 18.4 Å². The van der Waals surface area contributed by atoms with E-state index in [0.29, 0.717) is 6.54 Å². The summed E-state index contributed by atoms with van der Waals surface area (Å²) in [6, 6.07) is 0. The number of rotatable bonds is 11. The second kappa shape index (κ2) is 10.3. The molecule has 0 aromatic rings. The molecule has 18 heavy (non-hydrogen) atoms. The van der Waals surface area contributed by atoms with Crippen molar-refractivity contribution in [3.05, 3.63) is 12.7 Å². The Morgan fingerprint density at radius 3 is 2.39 bits per heavy atom. The zero-order chi connectivity index (χ0) is 13.9. The lowest BCUT2D eigenvalue weighted by Gasteiger charge is -2.16. The number of amides is 1. The van der Waals surface area contributed by atoms with Crippen LogP contribution in [0.5, 0.6) is 0 Å². The van der Waals surface area contributed by atoms with E-state index in [0.717, 1.165) is 19.3 Å². The van der Waals surface area contributed by atoms with E-state index in [2.05, 4.69) is 11.9 Å². The molecule has 0 rings (SSSR count). The fourth-order valence-electron chi connectivity index (χ4n) is 1.40. The van der Waals surface area contributed by atoms with E-state index in [4.69, 9.17) is 9.05 Å². The van der Waals surface area contributed by atoms with Crippen LogP contribution >= 0.6 is 7.60 Å². The molecule has 0 atom stereocenters. The van der Waals surface area contributed by atoms with E-state index in [1.807, 2.05) is 6.08 Å². The normalized spacial score (nSPS) is 11.2. The molecule has 6 heteroatoms. The molecular formula is C12H24NO4P. The van der Waals surface area contributed by atoms with Gasteiger partial charge < -0.3 is 14.4 Å². The SMILES string of the molecule is C=CCCCCNC(=O)CP(=O)(OCC)OCC. The maximum atomic E-state index is 12.0. The fourth-order valence-corrected chi connectivity index (χ4v) is 2.90. The molecule has 0 saturated heterocycles. The Morgan fingerprint density at radius 2 is 1.89 bits per heavy atom. The summed E-state index contributed by atoms with van der Waals surface area (Å²) in [4.78, 5) is 11.6. The fraction of sp³-hybridized carbons (Fsp3) is 0.750. The summed E-state index contributed by atoms with van der Waals surface area (Å²) in [6.07, 6.45) is 4.44. The van der Waals surface area contributed by atoms with Crippen molar-refractivity contribution in [1.82, 2.24) is 5.32 Å². The largest absolute Gasteiger partial charge is 0.356 e. The van der Waals surface area contributed by atoms with Gasteiger partial charge in [0.15, 0.2) is 0 Å². The molecule has 0 aromatic carbocycles. The molecule has 0 aliphatic carbocycles. The van der Waals surface area contributed by atoms with Crippen molar-refractivity contribution in [3.63, 3.8) is 0 Å². The smallest absolute Gasteiger partial charge is 0.340 e. The van der Waals surface area contributed by atoms with Gasteiger partial charge in [-0.2, -0.15) is 0 Å².